The lowest BCUT2D eigenvalue weighted by Gasteiger charge is -2.19. The summed E-state index contributed by atoms with van der Waals surface area (Å²) in [6, 6.07) is 14.7. The smallest absolute Gasteiger partial charge is 0.336 e. The second-order valence-corrected chi connectivity index (χ2v) is 5.07. The number of aliphatic hydroxyl groups excluding tert-OH is 1. The minimum absolute atomic E-state index is 0.0738. The van der Waals surface area contributed by atoms with E-state index in [4.69, 9.17) is 9.47 Å². The molecule has 2 rings (SSSR count). The standard InChI is InChI=1S/C19H20O5/c1-13(19(21)23-3)17(20)15-10-7-11-16(22-2)18(15)24-12-14-8-5-4-6-9-14/h4-11,17,20H,1,12H2,2-3H3. The highest BCUT2D eigenvalue weighted by atomic mass is 16.5. The molecule has 5 heteroatoms. The molecule has 0 spiro atoms. The van der Waals surface area contributed by atoms with Crippen molar-refractivity contribution in [2.75, 3.05) is 14.2 Å². The van der Waals surface area contributed by atoms with Gasteiger partial charge < -0.3 is 19.3 Å². The van der Waals surface area contributed by atoms with Crippen LogP contribution in [0.15, 0.2) is 60.7 Å². The second-order valence-electron chi connectivity index (χ2n) is 5.07. The predicted molar refractivity (Wildman–Crippen MR) is 89.9 cm³/mol. The molecule has 0 saturated heterocycles. The minimum atomic E-state index is -1.25. The van der Waals surface area contributed by atoms with E-state index in [9.17, 15) is 9.90 Å². The highest BCUT2D eigenvalue weighted by Gasteiger charge is 2.24. The van der Waals surface area contributed by atoms with Gasteiger partial charge in [-0.05, 0) is 11.6 Å². The van der Waals surface area contributed by atoms with E-state index >= 15 is 0 Å². The Hall–Kier alpha value is -2.79. The zero-order valence-corrected chi connectivity index (χ0v) is 13.7. The molecular formula is C19H20O5. The minimum Gasteiger partial charge on any atom is -0.493 e. The molecule has 0 fully saturated rings. The van der Waals surface area contributed by atoms with Crippen molar-refractivity contribution >= 4 is 5.97 Å². The molecule has 1 N–H and O–H groups in total. The Morgan fingerprint density at radius 2 is 1.83 bits per heavy atom. The molecule has 1 unspecified atom stereocenters. The van der Waals surface area contributed by atoms with Crippen molar-refractivity contribution in [2.24, 2.45) is 0 Å². The summed E-state index contributed by atoms with van der Waals surface area (Å²) in [6.07, 6.45) is -1.25. The van der Waals surface area contributed by atoms with E-state index < -0.39 is 12.1 Å². The van der Waals surface area contributed by atoms with Crippen LogP contribution in [-0.4, -0.2) is 25.3 Å². The molecule has 2 aromatic carbocycles. The predicted octanol–water partition coefficient (Wildman–Crippen LogP) is 3.04. The first kappa shape index (κ1) is 17.6. The van der Waals surface area contributed by atoms with Crippen LogP contribution >= 0.6 is 0 Å². The van der Waals surface area contributed by atoms with Gasteiger partial charge in [-0.25, -0.2) is 4.79 Å². The molecule has 0 aliphatic rings. The second kappa shape index (κ2) is 8.17. The quantitative estimate of drug-likeness (QED) is 0.625. The molecule has 0 aromatic heterocycles. The number of hydrogen-bond donors (Lipinski definition) is 1. The zero-order valence-electron chi connectivity index (χ0n) is 13.7. The van der Waals surface area contributed by atoms with E-state index in [0.717, 1.165) is 5.56 Å². The van der Waals surface area contributed by atoms with Gasteiger partial charge in [0.25, 0.3) is 0 Å². The van der Waals surface area contributed by atoms with Gasteiger partial charge in [-0.3, -0.25) is 0 Å². The van der Waals surface area contributed by atoms with Gasteiger partial charge in [0.15, 0.2) is 11.5 Å². The summed E-state index contributed by atoms with van der Waals surface area (Å²) in [6.45, 7) is 3.89. The molecule has 126 valence electrons. The maximum atomic E-state index is 11.6. The van der Waals surface area contributed by atoms with Crippen molar-refractivity contribution in [3.63, 3.8) is 0 Å². The summed E-state index contributed by atoms with van der Waals surface area (Å²) < 4.78 is 15.8. The molecular weight excluding hydrogens is 308 g/mol. The van der Waals surface area contributed by atoms with Crippen LogP contribution in [-0.2, 0) is 16.1 Å². The van der Waals surface area contributed by atoms with E-state index in [1.165, 1.54) is 14.2 Å². The van der Waals surface area contributed by atoms with Crippen molar-refractivity contribution in [1.29, 1.82) is 0 Å². The SMILES string of the molecule is C=C(C(=O)OC)C(O)c1cccc(OC)c1OCc1ccccc1. The lowest BCUT2D eigenvalue weighted by atomic mass is 10.0. The molecule has 0 radical (unpaired) electrons. The van der Waals surface area contributed by atoms with Crippen LogP contribution < -0.4 is 9.47 Å². The Morgan fingerprint density at radius 1 is 1.12 bits per heavy atom. The third kappa shape index (κ3) is 3.94. The Bertz CT molecular complexity index is 709. The summed E-state index contributed by atoms with van der Waals surface area (Å²) >= 11 is 0. The number of carbonyl (C=O) groups excluding carboxylic acids is 1. The number of hydrogen-bond acceptors (Lipinski definition) is 5. The van der Waals surface area contributed by atoms with Gasteiger partial charge in [-0.15, -0.1) is 0 Å². The Morgan fingerprint density at radius 3 is 2.46 bits per heavy atom. The number of para-hydroxylation sites is 1. The fourth-order valence-electron chi connectivity index (χ4n) is 2.22. The first-order valence-electron chi connectivity index (χ1n) is 7.37. The third-order valence-corrected chi connectivity index (χ3v) is 3.53. The highest BCUT2D eigenvalue weighted by molar-refractivity contribution is 5.89. The van der Waals surface area contributed by atoms with Gasteiger partial charge in [0, 0.05) is 5.56 Å². The molecule has 0 amide bonds. The molecule has 0 saturated carbocycles. The van der Waals surface area contributed by atoms with Crippen LogP contribution in [0, 0.1) is 0 Å². The van der Waals surface area contributed by atoms with E-state index in [1.807, 2.05) is 30.3 Å². The van der Waals surface area contributed by atoms with Crippen LogP contribution in [0.3, 0.4) is 0 Å². The topological polar surface area (TPSA) is 65.0 Å². The van der Waals surface area contributed by atoms with Gasteiger partial charge in [0.1, 0.15) is 12.7 Å². The lowest BCUT2D eigenvalue weighted by Crippen LogP contribution is -2.13. The van der Waals surface area contributed by atoms with E-state index in [0.29, 0.717) is 23.7 Å². The number of methoxy groups -OCH3 is 2. The van der Waals surface area contributed by atoms with Gasteiger partial charge in [-0.1, -0.05) is 49.0 Å². The average Bonchev–Trinajstić information content (AvgIpc) is 2.64. The number of rotatable bonds is 7. The number of aliphatic hydroxyl groups is 1. The molecule has 2 aromatic rings. The van der Waals surface area contributed by atoms with Crippen LogP contribution in [0.25, 0.3) is 0 Å². The molecule has 1 atom stereocenters. The molecule has 0 aliphatic heterocycles. The fraction of sp³-hybridized carbons (Fsp3) is 0.211. The molecule has 5 nitrogen and oxygen atoms in total. The largest absolute Gasteiger partial charge is 0.493 e. The fourth-order valence-corrected chi connectivity index (χ4v) is 2.22. The molecule has 0 bridgehead atoms. The summed E-state index contributed by atoms with van der Waals surface area (Å²) in [4.78, 5) is 11.6. The summed E-state index contributed by atoms with van der Waals surface area (Å²) in [5.74, 6) is 0.140. The number of benzene rings is 2. The van der Waals surface area contributed by atoms with E-state index in [-0.39, 0.29) is 5.57 Å². The summed E-state index contributed by atoms with van der Waals surface area (Å²) in [5, 5.41) is 10.5. The van der Waals surface area contributed by atoms with Crippen molar-refractivity contribution in [2.45, 2.75) is 12.7 Å². The number of ether oxygens (including phenoxy) is 3. The van der Waals surface area contributed by atoms with Crippen molar-refractivity contribution < 1.29 is 24.1 Å². The van der Waals surface area contributed by atoms with Crippen LogP contribution in [0.5, 0.6) is 11.5 Å². The molecule has 24 heavy (non-hydrogen) atoms. The first-order chi connectivity index (χ1) is 11.6. The van der Waals surface area contributed by atoms with Crippen molar-refractivity contribution in [3.8, 4) is 11.5 Å². The van der Waals surface area contributed by atoms with Crippen LogP contribution in [0.2, 0.25) is 0 Å². The maximum absolute atomic E-state index is 11.6. The van der Waals surface area contributed by atoms with Crippen molar-refractivity contribution in [1.82, 2.24) is 0 Å². The van der Waals surface area contributed by atoms with Crippen LogP contribution in [0.4, 0.5) is 0 Å². The number of esters is 1. The molecule has 0 heterocycles. The first-order valence-corrected chi connectivity index (χ1v) is 7.37. The Balaban J connectivity index is 2.31. The highest BCUT2D eigenvalue weighted by Crippen LogP contribution is 2.37. The van der Waals surface area contributed by atoms with Gasteiger partial charge >= 0.3 is 5.97 Å². The van der Waals surface area contributed by atoms with Gasteiger partial charge in [-0.2, -0.15) is 0 Å². The third-order valence-electron chi connectivity index (χ3n) is 3.53. The van der Waals surface area contributed by atoms with E-state index in [1.54, 1.807) is 18.2 Å². The summed E-state index contributed by atoms with van der Waals surface area (Å²) in [5.41, 5.74) is 1.28. The van der Waals surface area contributed by atoms with Gasteiger partial charge in [0.05, 0.1) is 19.8 Å². The van der Waals surface area contributed by atoms with Gasteiger partial charge in [0.2, 0.25) is 0 Å². The average molecular weight is 328 g/mol. The van der Waals surface area contributed by atoms with Crippen LogP contribution in [0.1, 0.15) is 17.2 Å². The van der Waals surface area contributed by atoms with Crippen molar-refractivity contribution in [3.05, 3.63) is 71.8 Å². The maximum Gasteiger partial charge on any atom is 0.336 e. The summed E-state index contributed by atoms with van der Waals surface area (Å²) in [7, 11) is 2.74. The molecule has 0 aliphatic carbocycles. The Kier molecular flexibility index (Phi) is 5.98. The van der Waals surface area contributed by atoms with E-state index in [2.05, 4.69) is 11.3 Å². The Labute approximate surface area is 141 Å². The number of carbonyl (C=O) groups is 1. The zero-order chi connectivity index (χ0) is 17.5. The lowest BCUT2D eigenvalue weighted by molar-refractivity contribution is -0.137. The normalized spacial score (nSPS) is 11.5. The monoisotopic (exact) mass is 328 g/mol.